The average Bonchev–Trinajstić information content (AvgIpc) is 2.63. The molecule has 1 fully saturated rings. The van der Waals surface area contributed by atoms with E-state index in [0.717, 1.165) is 0 Å². The second-order valence-electron chi connectivity index (χ2n) is 7.38. The normalized spacial score (nSPS) is 15.1. The highest BCUT2D eigenvalue weighted by molar-refractivity contribution is 5.81. The molecule has 0 spiro atoms. The maximum atomic E-state index is 13.8. The maximum Gasteiger partial charge on any atom is 0.228 e. The molecule has 1 amide bonds. The van der Waals surface area contributed by atoms with Crippen molar-refractivity contribution in [3.05, 3.63) is 42.3 Å². The van der Waals surface area contributed by atoms with Gasteiger partial charge in [-0.3, -0.25) is 4.79 Å². The van der Waals surface area contributed by atoms with Crippen LogP contribution in [-0.2, 0) is 4.79 Å². The van der Waals surface area contributed by atoms with Gasteiger partial charge in [0.25, 0.3) is 0 Å². The van der Waals surface area contributed by atoms with E-state index in [2.05, 4.69) is 15.3 Å². The molecule has 1 saturated heterocycles. The molecule has 1 N–H and O–H groups in total. The first-order valence-corrected chi connectivity index (χ1v) is 8.73. The molecule has 1 aromatic heterocycles. The van der Waals surface area contributed by atoms with Crippen LogP contribution in [-0.4, -0.2) is 47.0 Å². The zero-order valence-electron chi connectivity index (χ0n) is 15.4. The van der Waals surface area contributed by atoms with E-state index in [4.69, 9.17) is 0 Å². The van der Waals surface area contributed by atoms with Gasteiger partial charge in [0.05, 0.1) is 5.69 Å². The number of amides is 1. The minimum Gasteiger partial charge on any atom is -0.339 e. The van der Waals surface area contributed by atoms with Crippen molar-refractivity contribution in [3.63, 3.8) is 0 Å². The molecule has 3 rings (SSSR count). The molecule has 0 atom stereocenters. The van der Waals surface area contributed by atoms with Crippen molar-refractivity contribution in [2.45, 2.75) is 20.8 Å². The van der Waals surface area contributed by atoms with Gasteiger partial charge in [-0.25, -0.2) is 9.37 Å². The first kappa shape index (κ1) is 18.1. The third-order valence-corrected chi connectivity index (χ3v) is 4.27. The molecule has 7 heteroatoms. The van der Waals surface area contributed by atoms with E-state index in [-0.39, 0.29) is 17.1 Å². The number of aromatic nitrogens is 2. The van der Waals surface area contributed by atoms with Crippen LogP contribution in [0.1, 0.15) is 20.8 Å². The summed E-state index contributed by atoms with van der Waals surface area (Å²) in [5, 5.41) is 2.98. The zero-order valence-corrected chi connectivity index (χ0v) is 15.4. The van der Waals surface area contributed by atoms with Crippen molar-refractivity contribution < 1.29 is 9.18 Å². The highest BCUT2D eigenvalue weighted by atomic mass is 19.1. The van der Waals surface area contributed by atoms with Crippen LogP contribution >= 0.6 is 0 Å². The summed E-state index contributed by atoms with van der Waals surface area (Å²) < 4.78 is 13.8. The Kier molecular flexibility index (Phi) is 5.06. The second kappa shape index (κ2) is 7.27. The summed E-state index contributed by atoms with van der Waals surface area (Å²) in [5.74, 6) is 0.942. The van der Waals surface area contributed by atoms with Gasteiger partial charge in [0.2, 0.25) is 11.9 Å². The monoisotopic (exact) mass is 357 g/mol. The smallest absolute Gasteiger partial charge is 0.228 e. The van der Waals surface area contributed by atoms with Crippen molar-refractivity contribution in [2.24, 2.45) is 5.41 Å². The lowest BCUT2D eigenvalue weighted by Gasteiger charge is -2.37. The fourth-order valence-corrected chi connectivity index (χ4v) is 2.85. The third kappa shape index (κ3) is 4.09. The predicted octanol–water partition coefficient (Wildman–Crippen LogP) is 3.05. The molecule has 26 heavy (non-hydrogen) atoms. The van der Waals surface area contributed by atoms with Crippen molar-refractivity contribution in [1.29, 1.82) is 0 Å². The quantitative estimate of drug-likeness (QED) is 0.915. The summed E-state index contributed by atoms with van der Waals surface area (Å²) in [6.07, 6.45) is 1.65. The summed E-state index contributed by atoms with van der Waals surface area (Å²) >= 11 is 0. The summed E-state index contributed by atoms with van der Waals surface area (Å²) in [6, 6.07) is 8.17. The molecule has 6 nitrogen and oxygen atoms in total. The van der Waals surface area contributed by atoms with Gasteiger partial charge in [-0.2, -0.15) is 4.98 Å². The highest BCUT2D eigenvalue weighted by Gasteiger charge is 2.30. The van der Waals surface area contributed by atoms with Gasteiger partial charge in [0, 0.05) is 37.8 Å². The van der Waals surface area contributed by atoms with Gasteiger partial charge in [0.1, 0.15) is 11.6 Å². The summed E-state index contributed by atoms with van der Waals surface area (Å²) in [7, 11) is 0. The van der Waals surface area contributed by atoms with Crippen LogP contribution in [0, 0.1) is 11.2 Å². The fourth-order valence-electron chi connectivity index (χ4n) is 2.85. The number of anilines is 3. The molecule has 0 bridgehead atoms. The number of rotatable bonds is 3. The number of carbonyl (C=O) groups excluding carboxylic acids is 1. The lowest BCUT2D eigenvalue weighted by Crippen LogP contribution is -2.52. The Morgan fingerprint density at radius 3 is 2.46 bits per heavy atom. The lowest BCUT2D eigenvalue weighted by atomic mass is 9.94. The van der Waals surface area contributed by atoms with Crippen LogP contribution in [0.3, 0.4) is 0 Å². The van der Waals surface area contributed by atoms with E-state index >= 15 is 0 Å². The van der Waals surface area contributed by atoms with Gasteiger partial charge < -0.3 is 15.1 Å². The van der Waals surface area contributed by atoms with Crippen LogP contribution in [0.2, 0.25) is 0 Å². The van der Waals surface area contributed by atoms with Gasteiger partial charge >= 0.3 is 0 Å². The van der Waals surface area contributed by atoms with Crippen molar-refractivity contribution >= 4 is 23.4 Å². The van der Waals surface area contributed by atoms with E-state index in [1.54, 1.807) is 30.5 Å². The number of piperazine rings is 1. The molecule has 138 valence electrons. The molecular weight excluding hydrogens is 333 g/mol. The van der Waals surface area contributed by atoms with Gasteiger partial charge in [0.15, 0.2) is 0 Å². The average molecular weight is 357 g/mol. The third-order valence-electron chi connectivity index (χ3n) is 4.27. The highest BCUT2D eigenvalue weighted by Crippen LogP contribution is 2.22. The summed E-state index contributed by atoms with van der Waals surface area (Å²) in [4.78, 5) is 25.1. The summed E-state index contributed by atoms with van der Waals surface area (Å²) in [6.45, 7) is 8.43. The number of benzene rings is 1. The Morgan fingerprint density at radius 2 is 1.81 bits per heavy atom. The number of nitrogens with one attached hydrogen (secondary N) is 1. The minimum atomic E-state index is -0.373. The molecule has 0 unspecified atom stereocenters. The Bertz CT molecular complexity index is 781. The molecule has 2 aromatic rings. The Balaban J connectivity index is 1.66. The largest absolute Gasteiger partial charge is 0.339 e. The van der Waals surface area contributed by atoms with Crippen LogP contribution in [0.5, 0.6) is 0 Å². The second-order valence-corrected chi connectivity index (χ2v) is 7.38. The van der Waals surface area contributed by atoms with E-state index < -0.39 is 0 Å². The number of halogens is 1. The van der Waals surface area contributed by atoms with Gasteiger partial charge in [-0.05, 0) is 18.2 Å². The van der Waals surface area contributed by atoms with Crippen molar-refractivity contribution in [2.75, 3.05) is 36.4 Å². The summed E-state index contributed by atoms with van der Waals surface area (Å²) in [5.41, 5.74) is 0.000155. The minimum absolute atomic E-state index is 0.160. The van der Waals surface area contributed by atoms with Crippen LogP contribution in [0.4, 0.5) is 21.8 Å². The molecular formula is C19H24FN5O. The fraction of sp³-hybridized carbons (Fsp3) is 0.421. The first-order chi connectivity index (χ1) is 12.3. The molecule has 0 aliphatic carbocycles. The maximum absolute atomic E-state index is 13.8. The van der Waals surface area contributed by atoms with Crippen molar-refractivity contribution in [3.8, 4) is 0 Å². The van der Waals surface area contributed by atoms with Gasteiger partial charge in [-0.1, -0.05) is 32.9 Å². The van der Waals surface area contributed by atoms with E-state index in [1.165, 1.54) is 6.07 Å². The van der Waals surface area contributed by atoms with Gasteiger partial charge in [-0.15, -0.1) is 0 Å². The van der Waals surface area contributed by atoms with E-state index in [0.29, 0.717) is 43.6 Å². The lowest BCUT2D eigenvalue weighted by molar-refractivity contribution is -0.139. The number of hydrogen-bond donors (Lipinski definition) is 1. The van der Waals surface area contributed by atoms with Crippen LogP contribution < -0.4 is 10.2 Å². The van der Waals surface area contributed by atoms with Crippen molar-refractivity contribution in [1.82, 2.24) is 14.9 Å². The zero-order chi connectivity index (χ0) is 18.7. The molecule has 1 aliphatic rings. The first-order valence-electron chi connectivity index (χ1n) is 8.73. The molecule has 2 heterocycles. The van der Waals surface area contributed by atoms with E-state index in [9.17, 15) is 9.18 Å². The molecule has 1 aliphatic heterocycles. The van der Waals surface area contributed by atoms with Crippen LogP contribution in [0.25, 0.3) is 0 Å². The van der Waals surface area contributed by atoms with Crippen LogP contribution in [0.15, 0.2) is 36.5 Å². The molecule has 0 saturated carbocycles. The topological polar surface area (TPSA) is 61.4 Å². The predicted molar refractivity (Wildman–Crippen MR) is 100.0 cm³/mol. The Morgan fingerprint density at radius 1 is 1.12 bits per heavy atom. The number of para-hydroxylation sites is 1. The molecule has 1 aromatic carbocycles. The van der Waals surface area contributed by atoms with E-state index in [1.807, 2.05) is 30.6 Å². The Labute approximate surface area is 153 Å². The number of nitrogens with zero attached hydrogens (tertiary/aromatic N) is 4. The standard InChI is InChI=1S/C19H24FN5O/c1-19(2,3)17(26)24-10-12-25(13-11-24)18-21-9-8-16(23-18)22-15-7-5-4-6-14(15)20/h4-9H,10-13H2,1-3H3,(H,21,22,23). The number of hydrogen-bond acceptors (Lipinski definition) is 5. The SMILES string of the molecule is CC(C)(C)C(=O)N1CCN(c2nccc(Nc3ccccc3F)n2)CC1. The molecule has 0 radical (unpaired) electrons. The number of carbonyl (C=O) groups is 1. The Hall–Kier alpha value is -2.70.